The summed E-state index contributed by atoms with van der Waals surface area (Å²) in [7, 11) is 0. The molecule has 2 amide bonds. The van der Waals surface area contributed by atoms with Crippen molar-refractivity contribution in [2.24, 2.45) is 0 Å². The van der Waals surface area contributed by atoms with Crippen molar-refractivity contribution in [3.63, 3.8) is 0 Å². The van der Waals surface area contributed by atoms with Gasteiger partial charge in [-0.3, -0.25) is 19.4 Å². The summed E-state index contributed by atoms with van der Waals surface area (Å²) < 4.78 is 6.06. The lowest BCUT2D eigenvalue weighted by Crippen LogP contribution is -2.55. The molecule has 200 valence electrons. The fourth-order valence-electron chi connectivity index (χ4n) is 5.37. The minimum atomic E-state index is -0.0867. The summed E-state index contributed by atoms with van der Waals surface area (Å²) in [6, 6.07) is 10.1. The van der Waals surface area contributed by atoms with Gasteiger partial charge in [0, 0.05) is 64.6 Å². The summed E-state index contributed by atoms with van der Waals surface area (Å²) in [5.74, 6) is 1.13. The van der Waals surface area contributed by atoms with Crippen molar-refractivity contribution in [3.8, 4) is 11.6 Å². The van der Waals surface area contributed by atoms with Gasteiger partial charge in [0.25, 0.3) is 5.91 Å². The van der Waals surface area contributed by atoms with Crippen LogP contribution in [0.2, 0.25) is 0 Å². The predicted octanol–water partition coefficient (Wildman–Crippen LogP) is 3.58. The molecule has 2 aliphatic rings. The summed E-state index contributed by atoms with van der Waals surface area (Å²) in [4.78, 5) is 39.2. The molecular formula is C29H41N5O3. The summed E-state index contributed by atoms with van der Waals surface area (Å²) in [5, 5.41) is 0. The van der Waals surface area contributed by atoms with E-state index in [4.69, 9.17) is 4.74 Å². The standard InChI is InChI=1S/C29H41N5O3/c1-5-24(6-2)32-16-18-33(19-17-32)27(35)21-31-12-14-34(15-13-31)29(36)25-8-7-11-30-28(25)37-26-10-9-22(3)20-23(26)4/h7-11,20,24H,5-6,12-19,21H2,1-4H3. The Balaban J connectivity index is 1.29. The molecule has 2 saturated heterocycles. The first-order valence-corrected chi connectivity index (χ1v) is 13.6. The molecule has 2 fully saturated rings. The number of nitrogens with zero attached hydrogens (tertiary/aromatic N) is 5. The Labute approximate surface area is 221 Å². The molecule has 37 heavy (non-hydrogen) atoms. The number of carbonyl (C=O) groups excluding carboxylic acids is 2. The molecule has 0 saturated carbocycles. The second kappa shape index (κ2) is 12.5. The first-order chi connectivity index (χ1) is 17.9. The van der Waals surface area contributed by atoms with Crippen molar-refractivity contribution in [1.82, 2.24) is 24.6 Å². The van der Waals surface area contributed by atoms with E-state index in [1.165, 1.54) is 0 Å². The number of benzene rings is 1. The Morgan fingerprint density at radius 1 is 0.919 bits per heavy atom. The number of ether oxygens (including phenoxy) is 1. The van der Waals surface area contributed by atoms with Crippen molar-refractivity contribution in [2.75, 3.05) is 58.9 Å². The van der Waals surface area contributed by atoms with Crippen LogP contribution in [0, 0.1) is 13.8 Å². The highest BCUT2D eigenvalue weighted by Gasteiger charge is 2.29. The van der Waals surface area contributed by atoms with Gasteiger partial charge in [-0.05, 0) is 50.5 Å². The van der Waals surface area contributed by atoms with Crippen LogP contribution in [0.15, 0.2) is 36.5 Å². The highest BCUT2D eigenvalue weighted by atomic mass is 16.5. The molecular weight excluding hydrogens is 466 g/mol. The Morgan fingerprint density at radius 2 is 1.59 bits per heavy atom. The van der Waals surface area contributed by atoms with Gasteiger partial charge in [0.1, 0.15) is 11.3 Å². The number of aryl methyl sites for hydroxylation is 2. The van der Waals surface area contributed by atoms with Gasteiger partial charge in [-0.25, -0.2) is 4.98 Å². The first kappa shape index (κ1) is 27.1. The zero-order valence-corrected chi connectivity index (χ0v) is 22.8. The van der Waals surface area contributed by atoms with Gasteiger partial charge in [-0.1, -0.05) is 31.5 Å². The average molecular weight is 508 g/mol. The molecule has 2 aliphatic heterocycles. The number of aromatic nitrogens is 1. The number of rotatable bonds is 8. The fraction of sp³-hybridized carbons (Fsp3) is 0.552. The van der Waals surface area contributed by atoms with Crippen molar-refractivity contribution in [3.05, 3.63) is 53.2 Å². The van der Waals surface area contributed by atoms with Gasteiger partial charge >= 0.3 is 0 Å². The van der Waals surface area contributed by atoms with Crippen LogP contribution >= 0.6 is 0 Å². The number of hydrogen-bond donors (Lipinski definition) is 0. The SMILES string of the molecule is CCC(CC)N1CCN(C(=O)CN2CCN(C(=O)c3cccnc3Oc3ccc(C)cc3C)CC2)CC1. The topological polar surface area (TPSA) is 69.2 Å². The van der Waals surface area contributed by atoms with Crippen molar-refractivity contribution in [1.29, 1.82) is 0 Å². The molecule has 0 spiro atoms. The molecule has 0 radical (unpaired) electrons. The molecule has 8 heteroatoms. The third-order valence-electron chi connectivity index (χ3n) is 7.68. The van der Waals surface area contributed by atoms with E-state index in [0.29, 0.717) is 56.0 Å². The van der Waals surface area contributed by atoms with E-state index in [-0.39, 0.29) is 11.8 Å². The Hall–Kier alpha value is -2.97. The molecule has 0 N–H and O–H groups in total. The van der Waals surface area contributed by atoms with Crippen LogP contribution in [0.3, 0.4) is 0 Å². The summed E-state index contributed by atoms with van der Waals surface area (Å²) in [5.41, 5.74) is 2.61. The third-order valence-corrected chi connectivity index (χ3v) is 7.68. The fourth-order valence-corrected chi connectivity index (χ4v) is 5.37. The number of piperazine rings is 2. The molecule has 4 rings (SSSR count). The third kappa shape index (κ3) is 6.67. The first-order valence-electron chi connectivity index (χ1n) is 13.6. The van der Waals surface area contributed by atoms with Crippen LogP contribution in [0.4, 0.5) is 0 Å². The Bertz CT molecular complexity index is 1070. The van der Waals surface area contributed by atoms with Crippen LogP contribution in [-0.4, -0.2) is 101 Å². The molecule has 0 bridgehead atoms. The molecule has 1 aromatic carbocycles. The summed E-state index contributed by atoms with van der Waals surface area (Å²) in [6.07, 6.45) is 3.96. The molecule has 1 aromatic heterocycles. The van der Waals surface area contributed by atoms with E-state index in [0.717, 1.165) is 50.1 Å². The second-order valence-electron chi connectivity index (χ2n) is 10.2. The lowest BCUT2D eigenvalue weighted by Gasteiger charge is -2.40. The van der Waals surface area contributed by atoms with Gasteiger partial charge < -0.3 is 14.5 Å². The van der Waals surface area contributed by atoms with E-state index in [2.05, 4.69) is 28.6 Å². The minimum absolute atomic E-state index is 0.0867. The maximum Gasteiger partial charge on any atom is 0.259 e. The normalized spacial score (nSPS) is 17.3. The van der Waals surface area contributed by atoms with E-state index in [9.17, 15) is 9.59 Å². The lowest BCUT2D eigenvalue weighted by atomic mass is 10.1. The number of hydrogen-bond acceptors (Lipinski definition) is 6. The van der Waals surface area contributed by atoms with Crippen LogP contribution in [0.5, 0.6) is 11.6 Å². The van der Waals surface area contributed by atoms with Crippen molar-refractivity contribution >= 4 is 11.8 Å². The minimum Gasteiger partial charge on any atom is -0.438 e. The predicted molar refractivity (Wildman–Crippen MR) is 145 cm³/mol. The number of carbonyl (C=O) groups is 2. The molecule has 8 nitrogen and oxygen atoms in total. The molecule has 0 unspecified atom stereocenters. The van der Waals surface area contributed by atoms with E-state index in [1.54, 1.807) is 18.3 Å². The highest BCUT2D eigenvalue weighted by molar-refractivity contribution is 5.96. The molecule has 0 aliphatic carbocycles. The quantitative estimate of drug-likeness (QED) is 0.544. The number of pyridine rings is 1. The maximum atomic E-state index is 13.4. The van der Waals surface area contributed by atoms with Gasteiger partial charge in [0.15, 0.2) is 0 Å². The van der Waals surface area contributed by atoms with E-state index >= 15 is 0 Å². The summed E-state index contributed by atoms with van der Waals surface area (Å²) in [6.45, 7) is 14.9. The monoisotopic (exact) mass is 507 g/mol. The molecule has 3 heterocycles. The lowest BCUT2D eigenvalue weighted by molar-refractivity contribution is -0.134. The number of amides is 2. The average Bonchev–Trinajstić information content (AvgIpc) is 2.91. The zero-order valence-electron chi connectivity index (χ0n) is 22.8. The van der Waals surface area contributed by atoms with Crippen LogP contribution in [0.1, 0.15) is 48.2 Å². The summed E-state index contributed by atoms with van der Waals surface area (Å²) >= 11 is 0. The Morgan fingerprint density at radius 3 is 2.24 bits per heavy atom. The van der Waals surface area contributed by atoms with Crippen LogP contribution in [0.25, 0.3) is 0 Å². The van der Waals surface area contributed by atoms with Crippen LogP contribution in [-0.2, 0) is 4.79 Å². The smallest absolute Gasteiger partial charge is 0.259 e. The molecule has 2 aromatic rings. The largest absolute Gasteiger partial charge is 0.438 e. The van der Waals surface area contributed by atoms with Crippen LogP contribution < -0.4 is 4.74 Å². The van der Waals surface area contributed by atoms with Crippen molar-refractivity contribution < 1.29 is 14.3 Å². The van der Waals surface area contributed by atoms with E-state index in [1.807, 2.05) is 41.8 Å². The maximum absolute atomic E-state index is 13.4. The van der Waals surface area contributed by atoms with E-state index < -0.39 is 0 Å². The van der Waals surface area contributed by atoms with Gasteiger partial charge in [0.2, 0.25) is 11.8 Å². The second-order valence-corrected chi connectivity index (χ2v) is 10.2. The van der Waals surface area contributed by atoms with Gasteiger partial charge in [-0.15, -0.1) is 0 Å². The highest BCUT2D eigenvalue weighted by Crippen LogP contribution is 2.27. The Kier molecular flexibility index (Phi) is 9.16. The van der Waals surface area contributed by atoms with Crippen molar-refractivity contribution in [2.45, 2.75) is 46.6 Å². The van der Waals surface area contributed by atoms with Gasteiger partial charge in [0.05, 0.1) is 6.54 Å². The zero-order chi connectivity index (χ0) is 26.4. The molecule has 0 atom stereocenters. The van der Waals surface area contributed by atoms with Gasteiger partial charge in [-0.2, -0.15) is 0 Å².